The summed E-state index contributed by atoms with van der Waals surface area (Å²) in [5, 5.41) is 12.9. The van der Waals surface area contributed by atoms with Crippen LogP contribution in [-0.4, -0.2) is 27.8 Å². The molecule has 0 atom stereocenters. The molecule has 0 saturated carbocycles. The van der Waals surface area contributed by atoms with Crippen molar-refractivity contribution in [1.82, 2.24) is 10.3 Å². The second-order valence-electron chi connectivity index (χ2n) is 11.0. The number of rotatable bonds is 10. The second kappa shape index (κ2) is 12.7. The number of carbonyl (C=O) groups is 2. The number of nitrogens with one attached hydrogen (secondary N) is 1. The number of carbonyl (C=O) groups excluding carboxylic acids is 1. The molecule has 2 aromatic carbocycles. The van der Waals surface area contributed by atoms with E-state index in [0.717, 1.165) is 51.7 Å². The molecule has 6 nitrogen and oxygen atoms in total. The minimum atomic E-state index is -0.810. The first-order valence-electron chi connectivity index (χ1n) is 13.4. The molecule has 1 aromatic heterocycles. The highest BCUT2D eigenvalue weighted by atomic mass is 16.6. The topological polar surface area (TPSA) is 88.5 Å². The SMILES string of the molecule is CCc1ccc(-c2c(CNC(=O)OC(C)(C)C)c(CC(C)C)nc3ccc(/C=C/CCC(=O)O)cc23)cc1. The van der Waals surface area contributed by atoms with Gasteiger partial charge in [-0.15, -0.1) is 0 Å². The predicted octanol–water partition coefficient (Wildman–Crippen LogP) is 7.57. The van der Waals surface area contributed by atoms with Crippen LogP contribution >= 0.6 is 0 Å². The van der Waals surface area contributed by atoms with Crippen LogP contribution in [0.5, 0.6) is 0 Å². The Hall–Kier alpha value is -3.67. The van der Waals surface area contributed by atoms with Gasteiger partial charge in [-0.3, -0.25) is 9.78 Å². The van der Waals surface area contributed by atoms with E-state index in [9.17, 15) is 9.59 Å². The van der Waals surface area contributed by atoms with Gasteiger partial charge in [0.1, 0.15) is 5.60 Å². The third-order valence-corrected chi connectivity index (χ3v) is 6.09. The molecule has 1 amide bonds. The van der Waals surface area contributed by atoms with Gasteiger partial charge >= 0.3 is 12.1 Å². The number of nitrogens with zero attached hydrogens (tertiary/aromatic N) is 1. The van der Waals surface area contributed by atoms with Gasteiger partial charge in [-0.1, -0.05) is 63.3 Å². The summed E-state index contributed by atoms with van der Waals surface area (Å²) in [6.07, 6.45) is 5.67. The van der Waals surface area contributed by atoms with E-state index in [1.165, 1.54) is 5.56 Å². The van der Waals surface area contributed by atoms with E-state index in [1.54, 1.807) is 0 Å². The van der Waals surface area contributed by atoms with E-state index < -0.39 is 17.7 Å². The number of amides is 1. The van der Waals surface area contributed by atoms with Gasteiger partial charge in [-0.05, 0) is 80.3 Å². The van der Waals surface area contributed by atoms with Crippen molar-refractivity contribution in [2.45, 2.75) is 79.4 Å². The van der Waals surface area contributed by atoms with Gasteiger partial charge in [-0.2, -0.15) is 0 Å². The molecule has 3 rings (SSSR count). The zero-order valence-corrected chi connectivity index (χ0v) is 23.4. The lowest BCUT2D eigenvalue weighted by atomic mass is 9.90. The largest absolute Gasteiger partial charge is 0.481 e. The fraction of sp³-hybridized carbons (Fsp3) is 0.406. The number of pyridine rings is 1. The highest BCUT2D eigenvalue weighted by molar-refractivity contribution is 5.98. The smallest absolute Gasteiger partial charge is 0.407 e. The fourth-order valence-electron chi connectivity index (χ4n) is 4.36. The van der Waals surface area contributed by atoms with Gasteiger partial charge in [0, 0.05) is 29.6 Å². The molecule has 0 aliphatic heterocycles. The predicted molar refractivity (Wildman–Crippen MR) is 154 cm³/mol. The number of hydrogen-bond donors (Lipinski definition) is 2. The van der Waals surface area contributed by atoms with E-state index in [-0.39, 0.29) is 6.42 Å². The number of aliphatic carboxylic acids is 1. The number of alkyl carbamates (subject to hydrolysis) is 1. The van der Waals surface area contributed by atoms with Crippen LogP contribution in [0.1, 0.15) is 76.8 Å². The normalized spacial score (nSPS) is 11.9. The summed E-state index contributed by atoms with van der Waals surface area (Å²) in [6, 6.07) is 14.7. The number of ether oxygens (including phenoxy) is 1. The number of benzene rings is 2. The van der Waals surface area contributed by atoms with Crippen LogP contribution in [-0.2, 0) is 28.9 Å². The van der Waals surface area contributed by atoms with Crippen LogP contribution in [0.2, 0.25) is 0 Å². The van der Waals surface area contributed by atoms with Crippen molar-refractivity contribution in [2.75, 3.05) is 0 Å². The van der Waals surface area contributed by atoms with Gasteiger partial charge in [0.15, 0.2) is 0 Å². The molecule has 0 radical (unpaired) electrons. The molecule has 0 aliphatic rings. The van der Waals surface area contributed by atoms with E-state index in [2.05, 4.69) is 56.4 Å². The number of fused-ring (bicyclic) bond motifs is 1. The van der Waals surface area contributed by atoms with Crippen LogP contribution in [0.3, 0.4) is 0 Å². The highest BCUT2D eigenvalue weighted by Crippen LogP contribution is 2.35. The molecule has 0 aliphatic carbocycles. The summed E-state index contributed by atoms with van der Waals surface area (Å²) in [6.45, 7) is 12.3. The van der Waals surface area contributed by atoms with Crippen molar-refractivity contribution in [3.63, 3.8) is 0 Å². The molecule has 202 valence electrons. The van der Waals surface area contributed by atoms with Gasteiger partial charge < -0.3 is 15.2 Å². The maximum Gasteiger partial charge on any atom is 0.407 e. The molecular weight excluding hydrogens is 476 g/mol. The van der Waals surface area contributed by atoms with Gasteiger partial charge in [0.05, 0.1) is 5.52 Å². The van der Waals surface area contributed by atoms with Crippen molar-refractivity contribution in [3.05, 3.63) is 70.9 Å². The van der Waals surface area contributed by atoms with Gasteiger partial charge in [-0.25, -0.2) is 4.79 Å². The lowest BCUT2D eigenvalue weighted by Crippen LogP contribution is -2.32. The van der Waals surface area contributed by atoms with Crippen molar-refractivity contribution < 1.29 is 19.4 Å². The Morgan fingerprint density at radius 2 is 1.82 bits per heavy atom. The molecule has 38 heavy (non-hydrogen) atoms. The minimum absolute atomic E-state index is 0.0969. The Morgan fingerprint density at radius 1 is 1.11 bits per heavy atom. The molecule has 3 aromatic rings. The number of hydrogen-bond acceptors (Lipinski definition) is 4. The molecular formula is C32H40N2O4. The Labute approximate surface area is 226 Å². The first kappa shape index (κ1) is 28.9. The number of aryl methyl sites for hydroxylation is 1. The van der Waals surface area contributed by atoms with Crippen LogP contribution in [0.4, 0.5) is 4.79 Å². The van der Waals surface area contributed by atoms with E-state index >= 15 is 0 Å². The molecule has 0 unspecified atom stereocenters. The molecule has 0 bridgehead atoms. The summed E-state index contributed by atoms with van der Waals surface area (Å²) >= 11 is 0. The summed E-state index contributed by atoms with van der Waals surface area (Å²) in [5.74, 6) is -0.429. The summed E-state index contributed by atoms with van der Waals surface area (Å²) in [5.41, 5.74) is 6.57. The quantitative estimate of drug-likeness (QED) is 0.290. The highest BCUT2D eigenvalue weighted by Gasteiger charge is 2.21. The average molecular weight is 517 g/mol. The summed E-state index contributed by atoms with van der Waals surface area (Å²) in [4.78, 5) is 28.5. The Bertz CT molecular complexity index is 1300. The first-order valence-corrected chi connectivity index (χ1v) is 13.4. The minimum Gasteiger partial charge on any atom is -0.481 e. The number of aromatic nitrogens is 1. The maximum atomic E-state index is 12.6. The van der Waals surface area contributed by atoms with Crippen LogP contribution in [0, 0.1) is 5.92 Å². The summed E-state index contributed by atoms with van der Waals surface area (Å²) in [7, 11) is 0. The third-order valence-electron chi connectivity index (χ3n) is 6.09. The Balaban J connectivity index is 2.17. The maximum absolute atomic E-state index is 12.6. The van der Waals surface area contributed by atoms with E-state index in [0.29, 0.717) is 18.9 Å². The summed E-state index contributed by atoms with van der Waals surface area (Å²) < 4.78 is 5.51. The van der Waals surface area contributed by atoms with E-state index in [4.69, 9.17) is 14.8 Å². The number of carboxylic acids is 1. The van der Waals surface area contributed by atoms with Crippen molar-refractivity contribution in [3.8, 4) is 11.1 Å². The van der Waals surface area contributed by atoms with Crippen LogP contribution in [0.25, 0.3) is 28.1 Å². The Kier molecular flexibility index (Phi) is 9.67. The molecule has 6 heteroatoms. The van der Waals surface area contributed by atoms with Gasteiger partial charge in [0.25, 0.3) is 0 Å². The molecule has 0 fully saturated rings. The number of carboxylic acid groups (broad SMARTS) is 1. The van der Waals surface area contributed by atoms with E-state index in [1.807, 2.05) is 45.1 Å². The Morgan fingerprint density at radius 3 is 2.42 bits per heavy atom. The third kappa shape index (κ3) is 8.17. The van der Waals surface area contributed by atoms with Crippen molar-refractivity contribution in [2.24, 2.45) is 5.92 Å². The first-order chi connectivity index (χ1) is 18.0. The lowest BCUT2D eigenvalue weighted by Gasteiger charge is -2.22. The standard InChI is InChI=1S/C32H40N2O4/c1-7-22-12-15-24(16-13-22)30-25-19-23(10-8-9-11-29(35)36)14-17-27(25)34-28(18-21(2)3)26(30)20-33-31(37)38-32(4,5)6/h8,10,12-17,19,21H,7,9,11,18,20H2,1-6H3,(H,33,37)(H,35,36)/b10-8+. The molecule has 0 saturated heterocycles. The average Bonchev–Trinajstić information content (AvgIpc) is 2.83. The lowest BCUT2D eigenvalue weighted by molar-refractivity contribution is -0.136. The van der Waals surface area contributed by atoms with Crippen LogP contribution in [0.15, 0.2) is 48.5 Å². The molecule has 1 heterocycles. The van der Waals surface area contributed by atoms with Crippen molar-refractivity contribution in [1.29, 1.82) is 0 Å². The van der Waals surface area contributed by atoms with Crippen LogP contribution < -0.4 is 5.32 Å². The fourth-order valence-corrected chi connectivity index (χ4v) is 4.36. The zero-order valence-electron chi connectivity index (χ0n) is 23.4. The monoisotopic (exact) mass is 516 g/mol. The number of allylic oxidation sites excluding steroid dienone is 1. The second-order valence-corrected chi connectivity index (χ2v) is 11.0. The van der Waals surface area contributed by atoms with Crippen molar-refractivity contribution >= 4 is 29.0 Å². The van der Waals surface area contributed by atoms with Gasteiger partial charge in [0.2, 0.25) is 0 Å². The zero-order chi connectivity index (χ0) is 27.9. The molecule has 2 N–H and O–H groups in total. The molecule has 0 spiro atoms.